The van der Waals surface area contributed by atoms with Crippen LogP contribution in [0.2, 0.25) is 0 Å². The Labute approximate surface area is 81.7 Å². The first-order valence-corrected chi connectivity index (χ1v) is 4.04. The summed E-state index contributed by atoms with van der Waals surface area (Å²) in [7, 11) is 0. The normalized spacial score (nSPS) is 11.7. The SMILES string of the molecule is C#CCO[C@@H](F)C(=O)c1ccccc1. The number of carbonyl (C=O) groups excluding carboxylic acids is 1. The molecule has 0 aromatic heterocycles. The van der Waals surface area contributed by atoms with Crippen LogP contribution in [-0.4, -0.2) is 18.7 Å². The fraction of sp³-hybridized carbons (Fsp3) is 0.182. The second kappa shape index (κ2) is 5.15. The van der Waals surface area contributed by atoms with Gasteiger partial charge >= 0.3 is 0 Å². The molecule has 3 heteroatoms. The summed E-state index contributed by atoms with van der Waals surface area (Å²) in [6.45, 7) is -0.209. The lowest BCUT2D eigenvalue weighted by atomic mass is 10.1. The topological polar surface area (TPSA) is 26.3 Å². The molecule has 0 amide bonds. The molecule has 0 bridgehead atoms. The van der Waals surface area contributed by atoms with Gasteiger partial charge in [0.25, 0.3) is 6.36 Å². The van der Waals surface area contributed by atoms with E-state index in [2.05, 4.69) is 10.7 Å². The fourth-order valence-electron chi connectivity index (χ4n) is 0.930. The number of alkyl halides is 1. The van der Waals surface area contributed by atoms with E-state index in [1.54, 1.807) is 18.2 Å². The molecule has 0 spiro atoms. The third kappa shape index (κ3) is 2.68. The van der Waals surface area contributed by atoms with Crippen LogP contribution in [0.3, 0.4) is 0 Å². The lowest BCUT2D eigenvalue weighted by molar-refractivity contribution is -0.00733. The van der Waals surface area contributed by atoms with E-state index in [0.717, 1.165) is 0 Å². The summed E-state index contributed by atoms with van der Waals surface area (Å²) >= 11 is 0. The summed E-state index contributed by atoms with van der Waals surface area (Å²) in [5.74, 6) is 1.38. The van der Waals surface area contributed by atoms with Crippen molar-refractivity contribution < 1.29 is 13.9 Å². The molecule has 0 saturated carbocycles. The summed E-state index contributed by atoms with van der Waals surface area (Å²) in [5.41, 5.74) is 0.275. The summed E-state index contributed by atoms with van der Waals surface area (Å²) < 4.78 is 17.5. The van der Waals surface area contributed by atoms with Gasteiger partial charge in [0.05, 0.1) is 0 Å². The van der Waals surface area contributed by atoms with Crippen LogP contribution in [0.4, 0.5) is 4.39 Å². The summed E-state index contributed by atoms with van der Waals surface area (Å²) in [6.07, 6.45) is 2.88. The number of terminal acetylenes is 1. The average molecular weight is 192 g/mol. The number of hydrogen-bond acceptors (Lipinski definition) is 2. The largest absolute Gasteiger partial charge is 0.329 e. The van der Waals surface area contributed by atoms with Gasteiger partial charge in [-0.05, 0) is 0 Å². The Morgan fingerprint density at radius 1 is 1.50 bits per heavy atom. The van der Waals surface area contributed by atoms with Crippen molar-refractivity contribution in [3.05, 3.63) is 35.9 Å². The van der Waals surface area contributed by atoms with Gasteiger partial charge in [-0.15, -0.1) is 6.42 Å². The van der Waals surface area contributed by atoms with E-state index in [-0.39, 0.29) is 12.2 Å². The van der Waals surface area contributed by atoms with Crippen LogP contribution < -0.4 is 0 Å². The summed E-state index contributed by atoms with van der Waals surface area (Å²) in [5, 5.41) is 0. The Hall–Kier alpha value is -1.66. The molecule has 0 N–H and O–H groups in total. The van der Waals surface area contributed by atoms with E-state index in [1.165, 1.54) is 12.1 Å². The predicted molar refractivity (Wildman–Crippen MR) is 50.5 cm³/mol. The molecule has 0 aliphatic carbocycles. The lowest BCUT2D eigenvalue weighted by Crippen LogP contribution is -2.19. The smallest absolute Gasteiger partial charge is 0.263 e. The number of carbonyl (C=O) groups is 1. The molecular formula is C11H9FO2. The van der Waals surface area contributed by atoms with E-state index in [1.807, 2.05) is 0 Å². The maximum absolute atomic E-state index is 13.0. The average Bonchev–Trinajstić information content (AvgIpc) is 2.26. The van der Waals surface area contributed by atoms with Crippen LogP contribution in [0, 0.1) is 12.3 Å². The molecule has 0 radical (unpaired) electrons. The Kier molecular flexibility index (Phi) is 3.84. The number of benzene rings is 1. The molecule has 0 aliphatic heterocycles. The molecule has 0 saturated heterocycles. The van der Waals surface area contributed by atoms with Gasteiger partial charge in [-0.2, -0.15) is 0 Å². The minimum atomic E-state index is -1.98. The highest BCUT2D eigenvalue weighted by Gasteiger charge is 2.18. The van der Waals surface area contributed by atoms with Crippen LogP contribution in [0.25, 0.3) is 0 Å². The van der Waals surface area contributed by atoms with E-state index in [0.29, 0.717) is 0 Å². The first kappa shape index (κ1) is 10.4. The molecule has 14 heavy (non-hydrogen) atoms. The third-order valence-electron chi connectivity index (χ3n) is 1.58. The van der Waals surface area contributed by atoms with Crippen molar-refractivity contribution in [2.75, 3.05) is 6.61 Å². The van der Waals surface area contributed by atoms with Crippen molar-refractivity contribution in [1.82, 2.24) is 0 Å². The molecular weight excluding hydrogens is 183 g/mol. The molecule has 1 aromatic rings. The number of hydrogen-bond donors (Lipinski definition) is 0. The first-order valence-electron chi connectivity index (χ1n) is 4.04. The quantitative estimate of drug-likeness (QED) is 0.537. The molecule has 72 valence electrons. The number of rotatable bonds is 4. The van der Waals surface area contributed by atoms with Gasteiger partial charge in [0, 0.05) is 5.56 Å². The summed E-state index contributed by atoms with van der Waals surface area (Å²) in [4.78, 5) is 11.3. The van der Waals surface area contributed by atoms with E-state index in [4.69, 9.17) is 6.42 Å². The van der Waals surface area contributed by atoms with Gasteiger partial charge in [-0.25, -0.2) is 4.39 Å². The Bertz CT molecular complexity index is 340. The first-order chi connectivity index (χ1) is 6.75. The standard InChI is InChI=1S/C11H9FO2/c1-2-8-14-11(12)10(13)9-6-4-3-5-7-9/h1,3-7,11H,8H2/t11-/m1/s1. The second-order valence-electron chi connectivity index (χ2n) is 2.56. The number of ether oxygens (including phenoxy) is 1. The molecule has 1 rings (SSSR count). The molecule has 1 atom stereocenters. The lowest BCUT2D eigenvalue weighted by Gasteiger charge is -2.05. The Morgan fingerprint density at radius 2 is 2.14 bits per heavy atom. The van der Waals surface area contributed by atoms with Crippen molar-refractivity contribution in [3.63, 3.8) is 0 Å². The molecule has 0 unspecified atom stereocenters. The zero-order valence-corrected chi connectivity index (χ0v) is 7.44. The van der Waals surface area contributed by atoms with Crippen molar-refractivity contribution in [1.29, 1.82) is 0 Å². The van der Waals surface area contributed by atoms with Crippen LogP contribution in [0.5, 0.6) is 0 Å². The Morgan fingerprint density at radius 3 is 2.71 bits per heavy atom. The molecule has 0 aliphatic rings. The predicted octanol–water partition coefficient (Wildman–Crippen LogP) is 1.81. The molecule has 0 heterocycles. The minimum absolute atomic E-state index is 0.209. The van der Waals surface area contributed by atoms with Crippen LogP contribution in [-0.2, 0) is 4.74 Å². The Balaban J connectivity index is 2.63. The van der Waals surface area contributed by atoms with Crippen molar-refractivity contribution in [2.24, 2.45) is 0 Å². The third-order valence-corrected chi connectivity index (χ3v) is 1.58. The van der Waals surface area contributed by atoms with Crippen LogP contribution >= 0.6 is 0 Å². The fourth-order valence-corrected chi connectivity index (χ4v) is 0.930. The highest BCUT2D eigenvalue weighted by molar-refractivity contribution is 5.98. The molecule has 0 fully saturated rings. The van der Waals surface area contributed by atoms with E-state index < -0.39 is 12.1 Å². The van der Waals surface area contributed by atoms with Gasteiger partial charge in [0.15, 0.2) is 0 Å². The van der Waals surface area contributed by atoms with Crippen LogP contribution in [0.15, 0.2) is 30.3 Å². The zero-order chi connectivity index (χ0) is 10.4. The number of Topliss-reactive ketones (excluding diaryl/α,β-unsaturated/α-hetero) is 1. The van der Waals surface area contributed by atoms with Gasteiger partial charge in [0.1, 0.15) is 6.61 Å². The molecule has 1 aromatic carbocycles. The van der Waals surface area contributed by atoms with Gasteiger partial charge in [-0.1, -0.05) is 36.3 Å². The zero-order valence-electron chi connectivity index (χ0n) is 7.44. The van der Waals surface area contributed by atoms with Gasteiger partial charge in [0.2, 0.25) is 5.78 Å². The van der Waals surface area contributed by atoms with E-state index >= 15 is 0 Å². The second-order valence-corrected chi connectivity index (χ2v) is 2.56. The molecule has 2 nitrogen and oxygen atoms in total. The highest BCUT2D eigenvalue weighted by atomic mass is 19.1. The minimum Gasteiger partial charge on any atom is -0.329 e. The van der Waals surface area contributed by atoms with Crippen molar-refractivity contribution >= 4 is 5.78 Å². The van der Waals surface area contributed by atoms with Crippen molar-refractivity contribution in [2.45, 2.75) is 6.36 Å². The monoisotopic (exact) mass is 192 g/mol. The number of ketones is 1. The number of halogens is 1. The highest BCUT2D eigenvalue weighted by Crippen LogP contribution is 2.06. The maximum Gasteiger partial charge on any atom is 0.263 e. The summed E-state index contributed by atoms with van der Waals surface area (Å²) in [6, 6.07) is 8.09. The van der Waals surface area contributed by atoms with Gasteiger partial charge < -0.3 is 4.74 Å². The van der Waals surface area contributed by atoms with Crippen molar-refractivity contribution in [3.8, 4) is 12.3 Å². The van der Waals surface area contributed by atoms with Crippen LogP contribution in [0.1, 0.15) is 10.4 Å². The van der Waals surface area contributed by atoms with E-state index in [9.17, 15) is 9.18 Å². The maximum atomic E-state index is 13.0. The van der Waals surface area contributed by atoms with Gasteiger partial charge in [-0.3, -0.25) is 4.79 Å².